The van der Waals surface area contributed by atoms with Gasteiger partial charge < -0.3 is 15.2 Å². The van der Waals surface area contributed by atoms with Crippen molar-refractivity contribution in [3.8, 4) is 11.5 Å². The normalized spacial score (nSPS) is 9.73. The molecular weight excluding hydrogens is 194 g/mol. The highest BCUT2D eigenvalue weighted by Gasteiger charge is 2.05. The van der Waals surface area contributed by atoms with Gasteiger partial charge in [-0.2, -0.15) is 0 Å². The maximum atomic E-state index is 11.1. The molecule has 0 radical (unpaired) electrons. The summed E-state index contributed by atoms with van der Waals surface area (Å²) in [5.74, 6) is 0.529. The molecule has 82 valence electrons. The molecule has 0 unspecified atom stereocenters. The quantitative estimate of drug-likeness (QED) is 0.747. The number of phenolic OH excluding ortho intramolecular Hbond substituents is 1. The summed E-state index contributed by atoms with van der Waals surface area (Å²) in [6, 6.07) is 4.75. The summed E-state index contributed by atoms with van der Waals surface area (Å²) in [5, 5.41) is 12.1. The van der Waals surface area contributed by atoms with Crippen LogP contribution >= 0.6 is 0 Å². The minimum atomic E-state index is -0.140. The molecule has 15 heavy (non-hydrogen) atoms. The lowest BCUT2D eigenvalue weighted by Crippen LogP contribution is -2.09. The van der Waals surface area contributed by atoms with Gasteiger partial charge in [-0.25, -0.2) is 0 Å². The van der Waals surface area contributed by atoms with Gasteiger partial charge in [0.25, 0.3) is 0 Å². The Morgan fingerprint density at radius 3 is 2.80 bits per heavy atom. The van der Waals surface area contributed by atoms with Gasteiger partial charge in [-0.15, -0.1) is 0 Å². The fourth-order valence-corrected chi connectivity index (χ4v) is 1.11. The third kappa shape index (κ3) is 3.16. The lowest BCUT2D eigenvalue weighted by molar-refractivity contribution is -0.115. The number of anilines is 1. The van der Waals surface area contributed by atoms with Gasteiger partial charge in [0.1, 0.15) is 11.5 Å². The molecule has 1 amide bonds. The first-order chi connectivity index (χ1) is 7.17. The minimum absolute atomic E-state index is 0.0419. The van der Waals surface area contributed by atoms with E-state index in [1.165, 1.54) is 6.07 Å². The van der Waals surface area contributed by atoms with Gasteiger partial charge in [0.15, 0.2) is 0 Å². The highest BCUT2D eigenvalue weighted by atomic mass is 16.5. The van der Waals surface area contributed by atoms with Crippen LogP contribution in [0.1, 0.15) is 20.3 Å². The Balaban J connectivity index is 2.85. The molecule has 2 N–H and O–H groups in total. The highest BCUT2D eigenvalue weighted by molar-refractivity contribution is 5.92. The minimum Gasteiger partial charge on any atom is -0.506 e. The number of carbonyl (C=O) groups excluding carboxylic acids is 1. The van der Waals surface area contributed by atoms with E-state index in [0.717, 1.165) is 0 Å². The van der Waals surface area contributed by atoms with Crippen LogP contribution in [-0.4, -0.2) is 17.6 Å². The van der Waals surface area contributed by atoms with Crippen LogP contribution in [-0.2, 0) is 4.79 Å². The zero-order chi connectivity index (χ0) is 11.3. The molecule has 4 nitrogen and oxygen atoms in total. The smallest absolute Gasteiger partial charge is 0.224 e. The van der Waals surface area contributed by atoms with Gasteiger partial charge in [0, 0.05) is 12.5 Å². The molecule has 0 bridgehead atoms. The Kier molecular flexibility index (Phi) is 3.97. The summed E-state index contributed by atoms with van der Waals surface area (Å²) in [6.07, 6.45) is 0.373. The lowest BCUT2D eigenvalue weighted by atomic mass is 10.2. The Hall–Kier alpha value is -1.71. The molecule has 0 fully saturated rings. The van der Waals surface area contributed by atoms with E-state index >= 15 is 0 Å². The van der Waals surface area contributed by atoms with Crippen LogP contribution in [0.4, 0.5) is 5.69 Å². The van der Waals surface area contributed by atoms with Crippen molar-refractivity contribution in [1.82, 2.24) is 0 Å². The summed E-state index contributed by atoms with van der Waals surface area (Å²) in [4.78, 5) is 11.1. The summed E-state index contributed by atoms with van der Waals surface area (Å²) in [7, 11) is 0. The van der Waals surface area contributed by atoms with E-state index < -0.39 is 0 Å². The van der Waals surface area contributed by atoms with Crippen molar-refractivity contribution in [2.75, 3.05) is 11.9 Å². The number of ether oxygens (including phenoxy) is 1. The Morgan fingerprint density at radius 2 is 2.20 bits per heavy atom. The summed E-state index contributed by atoms with van der Waals surface area (Å²) in [6.45, 7) is 4.17. The molecule has 0 saturated heterocycles. The third-order valence-corrected chi connectivity index (χ3v) is 1.87. The fraction of sp³-hybridized carbons (Fsp3) is 0.364. The SMILES string of the molecule is CCOc1ccc(O)c(NC(=O)CC)c1. The van der Waals surface area contributed by atoms with E-state index in [9.17, 15) is 9.90 Å². The van der Waals surface area contributed by atoms with E-state index in [-0.39, 0.29) is 11.7 Å². The lowest BCUT2D eigenvalue weighted by Gasteiger charge is -2.09. The van der Waals surface area contributed by atoms with Crippen molar-refractivity contribution in [1.29, 1.82) is 0 Å². The van der Waals surface area contributed by atoms with Gasteiger partial charge in [0.05, 0.1) is 12.3 Å². The number of hydrogen-bond donors (Lipinski definition) is 2. The monoisotopic (exact) mass is 209 g/mol. The highest BCUT2D eigenvalue weighted by Crippen LogP contribution is 2.27. The third-order valence-electron chi connectivity index (χ3n) is 1.87. The molecule has 0 atom stereocenters. The molecule has 0 aliphatic carbocycles. The summed E-state index contributed by atoms with van der Waals surface area (Å²) >= 11 is 0. The molecule has 0 saturated carbocycles. The van der Waals surface area contributed by atoms with E-state index in [1.54, 1.807) is 19.1 Å². The first kappa shape index (κ1) is 11.4. The number of phenols is 1. The maximum Gasteiger partial charge on any atom is 0.224 e. The van der Waals surface area contributed by atoms with Gasteiger partial charge in [-0.1, -0.05) is 6.92 Å². The fourth-order valence-electron chi connectivity index (χ4n) is 1.11. The van der Waals surface area contributed by atoms with E-state index in [2.05, 4.69) is 5.32 Å². The van der Waals surface area contributed by atoms with Gasteiger partial charge in [0.2, 0.25) is 5.91 Å². The standard InChI is InChI=1S/C11H15NO3/c1-3-11(14)12-9-7-8(15-4-2)5-6-10(9)13/h5-7,13H,3-4H2,1-2H3,(H,12,14). The Labute approximate surface area is 88.9 Å². The van der Waals surface area contributed by atoms with Crippen LogP contribution in [0.5, 0.6) is 11.5 Å². The number of hydrogen-bond acceptors (Lipinski definition) is 3. The summed E-state index contributed by atoms with van der Waals surface area (Å²) in [5.41, 5.74) is 0.382. The number of nitrogens with one attached hydrogen (secondary N) is 1. The largest absolute Gasteiger partial charge is 0.506 e. The van der Waals surface area contributed by atoms with Gasteiger partial charge >= 0.3 is 0 Å². The van der Waals surface area contributed by atoms with Gasteiger partial charge in [-0.3, -0.25) is 4.79 Å². The predicted molar refractivity (Wildman–Crippen MR) is 58.2 cm³/mol. The van der Waals surface area contributed by atoms with E-state index in [0.29, 0.717) is 24.5 Å². The summed E-state index contributed by atoms with van der Waals surface area (Å²) < 4.78 is 5.25. The molecule has 0 heterocycles. The van der Waals surface area contributed by atoms with Crippen LogP contribution in [0.15, 0.2) is 18.2 Å². The molecule has 0 spiro atoms. The molecule has 0 aliphatic heterocycles. The Bertz CT molecular complexity index is 350. The molecule has 1 rings (SSSR count). The first-order valence-electron chi connectivity index (χ1n) is 4.93. The number of amides is 1. The molecule has 0 aliphatic rings. The molecular formula is C11H15NO3. The number of rotatable bonds is 4. The maximum absolute atomic E-state index is 11.1. The number of carbonyl (C=O) groups is 1. The van der Waals surface area contributed by atoms with Crippen LogP contribution < -0.4 is 10.1 Å². The second-order valence-corrected chi connectivity index (χ2v) is 3.01. The van der Waals surface area contributed by atoms with Crippen LogP contribution in [0, 0.1) is 0 Å². The van der Waals surface area contributed by atoms with Crippen LogP contribution in [0.3, 0.4) is 0 Å². The van der Waals surface area contributed by atoms with Crippen molar-refractivity contribution in [2.45, 2.75) is 20.3 Å². The second kappa shape index (κ2) is 5.24. The molecule has 4 heteroatoms. The zero-order valence-corrected chi connectivity index (χ0v) is 8.91. The van der Waals surface area contributed by atoms with Crippen LogP contribution in [0.2, 0.25) is 0 Å². The first-order valence-corrected chi connectivity index (χ1v) is 4.93. The zero-order valence-electron chi connectivity index (χ0n) is 8.91. The van der Waals surface area contributed by atoms with Crippen LogP contribution in [0.25, 0.3) is 0 Å². The molecule has 0 aromatic heterocycles. The van der Waals surface area contributed by atoms with Crippen molar-refractivity contribution in [3.05, 3.63) is 18.2 Å². The second-order valence-electron chi connectivity index (χ2n) is 3.01. The van der Waals surface area contributed by atoms with Crippen molar-refractivity contribution < 1.29 is 14.6 Å². The number of benzene rings is 1. The number of aromatic hydroxyl groups is 1. The van der Waals surface area contributed by atoms with Crippen molar-refractivity contribution >= 4 is 11.6 Å². The average molecular weight is 209 g/mol. The predicted octanol–water partition coefficient (Wildman–Crippen LogP) is 2.14. The molecule has 1 aromatic carbocycles. The van der Waals surface area contributed by atoms with Crippen molar-refractivity contribution in [3.63, 3.8) is 0 Å². The molecule has 1 aromatic rings. The van der Waals surface area contributed by atoms with Crippen molar-refractivity contribution in [2.24, 2.45) is 0 Å². The van der Waals surface area contributed by atoms with Gasteiger partial charge in [-0.05, 0) is 19.1 Å². The van der Waals surface area contributed by atoms with E-state index in [1.807, 2.05) is 6.92 Å². The topological polar surface area (TPSA) is 58.6 Å². The average Bonchev–Trinajstić information content (AvgIpc) is 2.23. The van der Waals surface area contributed by atoms with E-state index in [4.69, 9.17) is 4.74 Å². The Morgan fingerprint density at radius 1 is 1.47 bits per heavy atom.